The van der Waals surface area contributed by atoms with E-state index in [0.29, 0.717) is 6.04 Å². The van der Waals surface area contributed by atoms with Crippen molar-refractivity contribution in [2.45, 2.75) is 71.4 Å². The minimum absolute atomic E-state index is 0.235. The molecule has 1 rings (SSSR count). The first-order chi connectivity index (χ1) is 9.42. The minimum Gasteiger partial charge on any atom is -0.368 e. The Balaban J connectivity index is 2.53. The molecular formula is C16H33N3O. The van der Waals surface area contributed by atoms with Gasteiger partial charge in [-0.2, -0.15) is 0 Å². The van der Waals surface area contributed by atoms with E-state index >= 15 is 0 Å². The van der Waals surface area contributed by atoms with E-state index in [1.807, 2.05) is 6.92 Å². The van der Waals surface area contributed by atoms with Crippen LogP contribution in [-0.4, -0.2) is 42.0 Å². The molecule has 2 atom stereocenters. The van der Waals surface area contributed by atoms with Gasteiger partial charge in [0.2, 0.25) is 5.91 Å². The standard InChI is InChI=1S/C16H33N3O/c1-5-9-18-16(4,15(17)20)12-13(3)19-10-7-14(6-2)8-11-19/h13-14,18H,5-12H2,1-4H3,(H2,17,20). The number of nitrogens with one attached hydrogen (secondary N) is 1. The number of rotatable bonds is 8. The molecule has 0 spiro atoms. The van der Waals surface area contributed by atoms with Gasteiger partial charge in [0.25, 0.3) is 0 Å². The Morgan fingerprint density at radius 2 is 2.00 bits per heavy atom. The van der Waals surface area contributed by atoms with E-state index in [0.717, 1.165) is 38.4 Å². The molecule has 3 N–H and O–H groups in total. The summed E-state index contributed by atoms with van der Waals surface area (Å²) in [6, 6.07) is 0.398. The highest BCUT2D eigenvalue weighted by Gasteiger charge is 2.34. The number of piperidine rings is 1. The number of primary amides is 1. The third-order valence-electron chi connectivity index (χ3n) is 4.86. The van der Waals surface area contributed by atoms with Gasteiger partial charge in [0.15, 0.2) is 0 Å². The highest BCUT2D eigenvalue weighted by Crippen LogP contribution is 2.24. The third-order valence-corrected chi connectivity index (χ3v) is 4.86. The predicted molar refractivity (Wildman–Crippen MR) is 84.6 cm³/mol. The van der Waals surface area contributed by atoms with Gasteiger partial charge < -0.3 is 16.0 Å². The molecule has 4 heteroatoms. The molecule has 0 saturated carbocycles. The Morgan fingerprint density at radius 3 is 2.45 bits per heavy atom. The van der Waals surface area contributed by atoms with Crippen molar-refractivity contribution in [3.05, 3.63) is 0 Å². The predicted octanol–water partition coefficient (Wildman–Crippen LogP) is 2.13. The number of nitrogens with zero attached hydrogens (tertiary/aromatic N) is 1. The average Bonchev–Trinajstić information content (AvgIpc) is 2.45. The largest absolute Gasteiger partial charge is 0.368 e. The van der Waals surface area contributed by atoms with Gasteiger partial charge in [-0.05, 0) is 65.1 Å². The monoisotopic (exact) mass is 283 g/mol. The van der Waals surface area contributed by atoms with Crippen molar-refractivity contribution in [1.82, 2.24) is 10.2 Å². The fraction of sp³-hybridized carbons (Fsp3) is 0.938. The van der Waals surface area contributed by atoms with Gasteiger partial charge in [-0.1, -0.05) is 20.3 Å². The van der Waals surface area contributed by atoms with Gasteiger partial charge in [-0.25, -0.2) is 0 Å². The van der Waals surface area contributed by atoms with E-state index in [1.165, 1.54) is 19.3 Å². The maximum Gasteiger partial charge on any atom is 0.237 e. The van der Waals surface area contributed by atoms with Crippen LogP contribution in [0.3, 0.4) is 0 Å². The Kier molecular flexibility index (Phi) is 6.96. The Bertz CT molecular complexity index is 300. The first kappa shape index (κ1) is 17.4. The van der Waals surface area contributed by atoms with Crippen molar-refractivity contribution < 1.29 is 4.79 Å². The summed E-state index contributed by atoms with van der Waals surface area (Å²) in [5.74, 6) is 0.653. The van der Waals surface area contributed by atoms with Crippen LogP contribution in [0.2, 0.25) is 0 Å². The Hall–Kier alpha value is -0.610. The van der Waals surface area contributed by atoms with Crippen LogP contribution in [0.1, 0.15) is 59.8 Å². The number of nitrogens with two attached hydrogens (primary N) is 1. The van der Waals surface area contributed by atoms with E-state index in [9.17, 15) is 4.79 Å². The molecule has 1 fully saturated rings. The normalized spacial score (nSPS) is 22.4. The molecule has 4 nitrogen and oxygen atoms in total. The van der Waals surface area contributed by atoms with Crippen molar-refractivity contribution in [3.63, 3.8) is 0 Å². The second kappa shape index (κ2) is 7.99. The third kappa shape index (κ3) is 4.74. The van der Waals surface area contributed by atoms with Gasteiger partial charge in [0, 0.05) is 6.04 Å². The molecule has 2 unspecified atom stereocenters. The molecule has 0 aromatic heterocycles. The summed E-state index contributed by atoms with van der Waals surface area (Å²) in [6.07, 6.45) is 5.67. The Morgan fingerprint density at radius 1 is 1.40 bits per heavy atom. The molecule has 118 valence electrons. The summed E-state index contributed by atoms with van der Waals surface area (Å²) < 4.78 is 0. The molecule has 0 radical (unpaired) electrons. The molecule has 0 bridgehead atoms. The molecule has 1 amide bonds. The van der Waals surface area contributed by atoms with Crippen molar-refractivity contribution in [2.24, 2.45) is 11.7 Å². The lowest BCUT2D eigenvalue weighted by atomic mass is 9.89. The molecular weight excluding hydrogens is 250 g/mol. The molecule has 1 heterocycles. The number of carbonyl (C=O) groups excluding carboxylic acids is 1. The van der Waals surface area contributed by atoms with Gasteiger partial charge >= 0.3 is 0 Å². The van der Waals surface area contributed by atoms with Crippen molar-refractivity contribution >= 4 is 5.91 Å². The zero-order chi connectivity index (χ0) is 15.2. The van der Waals surface area contributed by atoms with Gasteiger partial charge in [0.1, 0.15) is 0 Å². The van der Waals surface area contributed by atoms with E-state index in [4.69, 9.17) is 5.73 Å². The molecule has 20 heavy (non-hydrogen) atoms. The summed E-state index contributed by atoms with van der Waals surface area (Å²) >= 11 is 0. The topological polar surface area (TPSA) is 58.4 Å². The number of amides is 1. The second-order valence-corrected chi connectivity index (χ2v) is 6.56. The van der Waals surface area contributed by atoms with Gasteiger partial charge in [0.05, 0.1) is 5.54 Å². The van der Waals surface area contributed by atoms with E-state index in [-0.39, 0.29) is 5.91 Å². The summed E-state index contributed by atoms with van der Waals surface area (Å²) in [4.78, 5) is 14.3. The molecule has 1 aliphatic rings. The van der Waals surface area contributed by atoms with Crippen LogP contribution in [0, 0.1) is 5.92 Å². The van der Waals surface area contributed by atoms with Crippen LogP contribution >= 0.6 is 0 Å². The fourth-order valence-electron chi connectivity index (χ4n) is 3.18. The smallest absolute Gasteiger partial charge is 0.237 e. The zero-order valence-corrected chi connectivity index (χ0v) is 13.7. The van der Waals surface area contributed by atoms with Crippen LogP contribution in [0.4, 0.5) is 0 Å². The van der Waals surface area contributed by atoms with Gasteiger partial charge in [-0.3, -0.25) is 4.79 Å². The van der Waals surface area contributed by atoms with Crippen molar-refractivity contribution in [2.75, 3.05) is 19.6 Å². The van der Waals surface area contributed by atoms with Crippen LogP contribution in [0.15, 0.2) is 0 Å². The van der Waals surface area contributed by atoms with E-state index < -0.39 is 5.54 Å². The average molecular weight is 283 g/mol. The minimum atomic E-state index is -0.586. The van der Waals surface area contributed by atoms with Crippen molar-refractivity contribution in [1.29, 1.82) is 0 Å². The van der Waals surface area contributed by atoms with Crippen molar-refractivity contribution in [3.8, 4) is 0 Å². The highest BCUT2D eigenvalue weighted by molar-refractivity contribution is 5.84. The lowest BCUT2D eigenvalue weighted by molar-refractivity contribution is -0.124. The quantitative estimate of drug-likeness (QED) is 0.717. The summed E-state index contributed by atoms with van der Waals surface area (Å²) in [6.45, 7) is 11.7. The Labute approximate surface area is 124 Å². The highest BCUT2D eigenvalue weighted by atomic mass is 16.1. The van der Waals surface area contributed by atoms with Crippen LogP contribution in [0.5, 0.6) is 0 Å². The second-order valence-electron chi connectivity index (χ2n) is 6.56. The lowest BCUT2D eigenvalue weighted by Gasteiger charge is -2.39. The SMILES string of the molecule is CCCNC(C)(CC(C)N1CCC(CC)CC1)C(N)=O. The first-order valence-electron chi connectivity index (χ1n) is 8.22. The summed E-state index contributed by atoms with van der Waals surface area (Å²) in [7, 11) is 0. The number of hydrogen-bond donors (Lipinski definition) is 2. The number of hydrogen-bond acceptors (Lipinski definition) is 3. The van der Waals surface area contributed by atoms with Crippen LogP contribution in [-0.2, 0) is 4.79 Å². The number of carbonyl (C=O) groups is 1. The maximum absolute atomic E-state index is 11.8. The maximum atomic E-state index is 11.8. The summed E-state index contributed by atoms with van der Waals surface area (Å²) in [5, 5.41) is 3.33. The molecule has 1 saturated heterocycles. The fourth-order valence-corrected chi connectivity index (χ4v) is 3.18. The van der Waals surface area contributed by atoms with E-state index in [1.54, 1.807) is 0 Å². The van der Waals surface area contributed by atoms with E-state index in [2.05, 4.69) is 31.0 Å². The zero-order valence-electron chi connectivity index (χ0n) is 13.7. The van der Waals surface area contributed by atoms with Crippen LogP contribution in [0.25, 0.3) is 0 Å². The summed E-state index contributed by atoms with van der Waals surface area (Å²) in [5.41, 5.74) is 5.03. The van der Waals surface area contributed by atoms with Gasteiger partial charge in [-0.15, -0.1) is 0 Å². The molecule has 1 aliphatic heterocycles. The molecule has 0 aromatic carbocycles. The first-order valence-corrected chi connectivity index (χ1v) is 8.22. The molecule has 0 aliphatic carbocycles. The molecule has 0 aromatic rings. The van der Waals surface area contributed by atoms with Crippen LogP contribution < -0.4 is 11.1 Å². The lowest BCUT2D eigenvalue weighted by Crippen LogP contribution is -2.57. The number of likely N-dealkylation sites (tertiary alicyclic amines) is 1.